The van der Waals surface area contributed by atoms with Gasteiger partial charge in [0.05, 0.1) is 14.2 Å². The highest BCUT2D eigenvalue weighted by atomic mass is 16.5. The Kier molecular flexibility index (Phi) is 7.01. The monoisotopic (exact) mass is 463 g/mol. The van der Waals surface area contributed by atoms with E-state index in [2.05, 4.69) is 32.2 Å². The maximum atomic E-state index is 12.9. The van der Waals surface area contributed by atoms with E-state index in [1.165, 1.54) is 16.3 Å². The summed E-state index contributed by atoms with van der Waals surface area (Å²) in [7, 11) is 3.09. The molecular formula is C25H29N5O4. The van der Waals surface area contributed by atoms with Crippen LogP contribution < -0.4 is 30.1 Å². The zero-order valence-electron chi connectivity index (χ0n) is 19.7. The number of aryl methyl sites for hydroxylation is 1. The van der Waals surface area contributed by atoms with Gasteiger partial charge in [0.1, 0.15) is 18.0 Å². The average Bonchev–Trinajstić information content (AvgIpc) is 2.85. The van der Waals surface area contributed by atoms with E-state index >= 15 is 0 Å². The molecule has 9 nitrogen and oxygen atoms in total. The van der Waals surface area contributed by atoms with Gasteiger partial charge in [-0.05, 0) is 19.1 Å². The molecule has 1 amide bonds. The number of anilines is 3. The Labute approximate surface area is 198 Å². The summed E-state index contributed by atoms with van der Waals surface area (Å²) in [6.45, 7) is 4.62. The molecule has 0 bridgehead atoms. The van der Waals surface area contributed by atoms with Gasteiger partial charge in [0.2, 0.25) is 11.9 Å². The first-order chi connectivity index (χ1) is 16.5. The molecule has 0 unspecified atom stereocenters. The number of amides is 1. The second kappa shape index (κ2) is 10.3. The fraction of sp³-hybridized carbons (Fsp3) is 0.320. The Bertz CT molecular complexity index is 1180. The highest BCUT2D eigenvalue weighted by Crippen LogP contribution is 2.26. The molecule has 1 aliphatic heterocycles. The van der Waals surface area contributed by atoms with Crippen molar-refractivity contribution in [2.75, 3.05) is 55.5 Å². The number of nitrogens with one attached hydrogen (secondary N) is 1. The van der Waals surface area contributed by atoms with E-state index in [0.29, 0.717) is 41.9 Å². The third-order valence-electron chi connectivity index (χ3n) is 5.74. The molecule has 2 heterocycles. The second-order valence-electron chi connectivity index (χ2n) is 8.08. The minimum absolute atomic E-state index is 0.153. The van der Waals surface area contributed by atoms with Crippen LogP contribution in [0, 0.1) is 6.92 Å². The quantitative estimate of drug-likeness (QED) is 0.576. The average molecular weight is 464 g/mol. The summed E-state index contributed by atoms with van der Waals surface area (Å²) in [6, 6.07) is 16.8. The van der Waals surface area contributed by atoms with Crippen LogP contribution in [0.3, 0.4) is 0 Å². The topological polar surface area (TPSA) is 88.9 Å². The molecular weight excluding hydrogens is 434 g/mol. The Hall–Kier alpha value is -4.01. The van der Waals surface area contributed by atoms with E-state index < -0.39 is 0 Å². The first-order valence-electron chi connectivity index (χ1n) is 11.1. The molecule has 3 aromatic rings. The lowest BCUT2D eigenvalue weighted by molar-refractivity contribution is -0.116. The molecule has 9 heteroatoms. The van der Waals surface area contributed by atoms with Crippen molar-refractivity contribution in [2.24, 2.45) is 0 Å². The smallest absolute Gasteiger partial charge is 0.255 e. The van der Waals surface area contributed by atoms with Gasteiger partial charge in [0.25, 0.3) is 5.56 Å². The van der Waals surface area contributed by atoms with Gasteiger partial charge in [-0.25, -0.2) is 4.98 Å². The minimum atomic E-state index is -0.341. The number of piperazine rings is 1. The molecule has 1 aromatic heterocycles. The zero-order chi connectivity index (χ0) is 24.1. The van der Waals surface area contributed by atoms with Crippen LogP contribution in [0.25, 0.3) is 0 Å². The van der Waals surface area contributed by atoms with Gasteiger partial charge in [-0.3, -0.25) is 14.2 Å². The number of aromatic nitrogens is 2. The molecule has 0 saturated carbocycles. The summed E-state index contributed by atoms with van der Waals surface area (Å²) in [6.07, 6.45) is 0. The molecule has 1 saturated heterocycles. The number of hydrogen-bond acceptors (Lipinski definition) is 7. The van der Waals surface area contributed by atoms with Crippen LogP contribution in [0.4, 0.5) is 17.3 Å². The lowest BCUT2D eigenvalue weighted by atomic mass is 10.2. The van der Waals surface area contributed by atoms with Crippen LogP contribution in [-0.2, 0) is 11.3 Å². The molecule has 1 fully saturated rings. The summed E-state index contributed by atoms with van der Waals surface area (Å²) in [4.78, 5) is 34.7. The Morgan fingerprint density at radius 1 is 0.941 bits per heavy atom. The number of para-hydroxylation sites is 1. The lowest BCUT2D eigenvalue weighted by Crippen LogP contribution is -2.48. The van der Waals surface area contributed by atoms with Gasteiger partial charge in [0, 0.05) is 67.5 Å². The van der Waals surface area contributed by atoms with Gasteiger partial charge in [-0.2, -0.15) is 0 Å². The third-order valence-corrected chi connectivity index (χ3v) is 5.74. The van der Waals surface area contributed by atoms with Gasteiger partial charge < -0.3 is 24.6 Å². The molecule has 34 heavy (non-hydrogen) atoms. The first-order valence-corrected chi connectivity index (χ1v) is 11.1. The number of methoxy groups -OCH3 is 2. The normalized spacial score (nSPS) is 13.5. The summed E-state index contributed by atoms with van der Waals surface area (Å²) in [5, 5.41) is 2.83. The lowest BCUT2D eigenvalue weighted by Gasteiger charge is -2.37. The highest BCUT2D eigenvalue weighted by Gasteiger charge is 2.22. The summed E-state index contributed by atoms with van der Waals surface area (Å²) in [5.41, 5.74) is 2.06. The van der Waals surface area contributed by atoms with Crippen LogP contribution >= 0.6 is 0 Å². The standard InChI is InChI=1S/C25H29N5O4/c1-18-13-24(32)30(17-23(31)27-19-14-21(33-2)16-22(15-19)34-3)25(26-18)29-11-9-28(10-12-29)20-7-5-4-6-8-20/h4-8,13-16H,9-12,17H2,1-3H3,(H,27,31). The van der Waals surface area contributed by atoms with Crippen molar-refractivity contribution in [3.8, 4) is 11.5 Å². The number of hydrogen-bond donors (Lipinski definition) is 1. The van der Waals surface area contributed by atoms with Crippen molar-refractivity contribution in [1.82, 2.24) is 9.55 Å². The number of benzene rings is 2. The van der Waals surface area contributed by atoms with Gasteiger partial charge in [0.15, 0.2) is 0 Å². The van der Waals surface area contributed by atoms with Crippen molar-refractivity contribution in [1.29, 1.82) is 0 Å². The molecule has 0 spiro atoms. The zero-order valence-corrected chi connectivity index (χ0v) is 19.7. The van der Waals surface area contributed by atoms with E-state index in [0.717, 1.165) is 13.1 Å². The van der Waals surface area contributed by atoms with Crippen LogP contribution in [0.5, 0.6) is 11.5 Å². The van der Waals surface area contributed by atoms with Crippen LogP contribution in [0.15, 0.2) is 59.4 Å². The SMILES string of the molecule is COc1cc(NC(=O)Cn2c(N3CCN(c4ccccc4)CC3)nc(C)cc2=O)cc(OC)c1. The highest BCUT2D eigenvalue weighted by molar-refractivity contribution is 5.91. The Balaban J connectivity index is 1.51. The third kappa shape index (κ3) is 5.31. The molecule has 2 aromatic carbocycles. The van der Waals surface area contributed by atoms with Crippen molar-refractivity contribution in [2.45, 2.75) is 13.5 Å². The fourth-order valence-corrected chi connectivity index (χ4v) is 4.02. The van der Waals surface area contributed by atoms with Gasteiger partial charge in [-0.1, -0.05) is 18.2 Å². The van der Waals surface area contributed by atoms with Crippen LogP contribution in [0.1, 0.15) is 5.69 Å². The van der Waals surface area contributed by atoms with Crippen LogP contribution in [0.2, 0.25) is 0 Å². The molecule has 1 aliphatic rings. The predicted octanol–water partition coefficient (Wildman–Crippen LogP) is 2.53. The maximum Gasteiger partial charge on any atom is 0.255 e. The second-order valence-corrected chi connectivity index (χ2v) is 8.08. The molecule has 1 N–H and O–H groups in total. The van der Waals surface area contributed by atoms with E-state index in [4.69, 9.17) is 9.47 Å². The number of carbonyl (C=O) groups excluding carboxylic acids is 1. The molecule has 4 rings (SSSR count). The number of nitrogens with zero attached hydrogens (tertiary/aromatic N) is 4. The maximum absolute atomic E-state index is 12.9. The van der Waals surface area contributed by atoms with Crippen molar-refractivity contribution < 1.29 is 14.3 Å². The first kappa shape index (κ1) is 23.2. The van der Waals surface area contributed by atoms with Crippen molar-refractivity contribution in [3.05, 3.63) is 70.6 Å². The number of carbonyl (C=O) groups is 1. The van der Waals surface area contributed by atoms with Crippen molar-refractivity contribution >= 4 is 23.2 Å². The van der Waals surface area contributed by atoms with E-state index in [9.17, 15) is 9.59 Å². The number of rotatable bonds is 7. The minimum Gasteiger partial charge on any atom is -0.497 e. The molecule has 0 atom stereocenters. The fourth-order valence-electron chi connectivity index (χ4n) is 4.02. The summed E-state index contributed by atoms with van der Waals surface area (Å²) >= 11 is 0. The molecule has 0 radical (unpaired) electrons. The van der Waals surface area contributed by atoms with Gasteiger partial charge in [-0.15, -0.1) is 0 Å². The molecule has 178 valence electrons. The van der Waals surface area contributed by atoms with Gasteiger partial charge >= 0.3 is 0 Å². The summed E-state index contributed by atoms with van der Waals surface area (Å²) < 4.78 is 12.0. The predicted molar refractivity (Wildman–Crippen MR) is 132 cm³/mol. The van der Waals surface area contributed by atoms with Crippen molar-refractivity contribution in [3.63, 3.8) is 0 Å². The largest absolute Gasteiger partial charge is 0.497 e. The van der Waals surface area contributed by atoms with E-state index in [-0.39, 0.29) is 18.0 Å². The van der Waals surface area contributed by atoms with E-state index in [1.54, 1.807) is 39.3 Å². The Morgan fingerprint density at radius 2 is 1.56 bits per heavy atom. The Morgan fingerprint density at radius 3 is 2.18 bits per heavy atom. The summed E-state index contributed by atoms with van der Waals surface area (Å²) in [5.74, 6) is 1.28. The number of ether oxygens (including phenoxy) is 2. The molecule has 0 aliphatic carbocycles. The van der Waals surface area contributed by atoms with Crippen LogP contribution in [-0.4, -0.2) is 55.9 Å². The van der Waals surface area contributed by atoms with E-state index in [1.807, 2.05) is 18.2 Å².